The van der Waals surface area contributed by atoms with Gasteiger partial charge in [-0.3, -0.25) is 0 Å². The van der Waals surface area contributed by atoms with Crippen LogP contribution < -0.4 is 0 Å². The Morgan fingerprint density at radius 2 is 2.00 bits per heavy atom. The summed E-state index contributed by atoms with van der Waals surface area (Å²) in [4.78, 5) is 5.32. The number of benzene rings is 1. The third-order valence-electron chi connectivity index (χ3n) is 2.35. The quantitative estimate of drug-likeness (QED) is 0.816. The largest absolute Gasteiger partial charge is 0.246 e. The Balaban J connectivity index is 2.37. The van der Waals surface area contributed by atoms with E-state index in [4.69, 9.17) is 16.9 Å². The molecule has 2 aromatic rings. The molecule has 0 bridgehead atoms. The van der Waals surface area contributed by atoms with Crippen LogP contribution in [0.3, 0.4) is 0 Å². The molecule has 1 aromatic heterocycles. The number of nitriles is 1. The maximum Gasteiger partial charge on any atom is 0.101 e. The first-order valence-corrected chi connectivity index (χ1v) is 6.61. The first-order valence-electron chi connectivity index (χ1n) is 5.41. The second-order valence-corrected chi connectivity index (χ2v) is 5.48. The molecule has 1 aromatic carbocycles. The van der Waals surface area contributed by atoms with Gasteiger partial charge in [0.1, 0.15) is 11.1 Å². The lowest BCUT2D eigenvalue weighted by Gasteiger charge is -2.05. The molecule has 4 heteroatoms. The van der Waals surface area contributed by atoms with Crippen LogP contribution in [-0.2, 0) is 0 Å². The SMILES string of the molecule is Cc1cc(C)nc(Sc2ccc(Cl)cc2C#N)c1. The Hall–Kier alpha value is -1.50. The lowest BCUT2D eigenvalue weighted by Crippen LogP contribution is -1.88. The average molecular weight is 275 g/mol. The van der Waals surface area contributed by atoms with Gasteiger partial charge in [0.05, 0.1) is 5.56 Å². The summed E-state index contributed by atoms with van der Waals surface area (Å²) in [6, 6.07) is 11.5. The zero-order chi connectivity index (χ0) is 13.1. The molecule has 0 N–H and O–H groups in total. The molecule has 0 saturated heterocycles. The summed E-state index contributed by atoms with van der Waals surface area (Å²) in [5, 5.41) is 10.6. The maximum absolute atomic E-state index is 9.09. The predicted molar refractivity (Wildman–Crippen MR) is 74.0 cm³/mol. The third kappa shape index (κ3) is 3.04. The molecule has 2 nitrogen and oxygen atoms in total. The van der Waals surface area contributed by atoms with E-state index in [9.17, 15) is 0 Å². The fraction of sp³-hybridized carbons (Fsp3) is 0.143. The van der Waals surface area contributed by atoms with Crippen molar-refractivity contribution >= 4 is 23.4 Å². The second kappa shape index (κ2) is 5.43. The molecule has 90 valence electrons. The van der Waals surface area contributed by atoms with Crippen LogP contribution in [0.15, 0.2) is 40.3 Å². The van der Waals surface area contributed by atoms with Gasteiger partial charge in [-0.15, -0.1) is 0 Å². The summed E-state index contributed by atoms with van der Waals surface area (Å²) in [6.07, 6.45) is 0. The lowest BCUT2D eigenvalue weighted by molar-refractivity contribution is 1.05. The van der Waals surface area contributed by atoms with E-state index < -0.39 is 0 Å². The van der Waals surface area contributed by atoms with E-state index in [1.165, 1.54) is 11.8 Å². The number of halogens is 1. The monoisotopic (exact) mass is 274 g/mol. The standard InChI is InChI=1S/C14H11ClN2S/c1-9-5-10(2)17-14(6-9)18-13-4-3-12(15)7-11(13)8-16/h3-7H,1-2H3. The summed E-state index contributed by atoms with van der Waals surface area (Å²) in [6.45, 7) is 4.00. The van der Waals surface area contributed by atoms with Crippen molar-refractivity contribution in [1.29, 1.82) is 5.26 Å². The average Bonchev–Trinajstić information content (AvgIpc) is 2.30. The van der Waals surface area contributed by atoms with Crippen LogP contribution in [0.1, 0.15) is 16.8 Å². The molecule has 0 unspecified atom stereocenters. The lowest BCUT2D eigenvalue weighted by atomic mass is 10.2. The van der Waals surface area contributed by atoms with E-state index in [-0.39, 0.29) is 0 Å². The molecule has 18 heavy (non-hydrogen) atoms. The van der Waals surface area contributed by atoms with Gasteiger partial charge < -0.3 is 0 Å². The topological polar surface area (TPSA) is 36.7 Å². The van der Waals surface area contributed by atoms with Crippen LogP contribution in [0.2, 0.25) is 5.02 Å². The molecule has 0 fully saturated rings. The molecule has 0 aliphatic rings. The van der Waals surface area contributed by atoms with Crippen molar-refractivity contribution in [3.05, 3.63) is 52.2 Å². The summed E-state index contributed by atoms with van der Waals surface area (Å²) < 4.78 is 0. The van der Waals surface area contributed by atoms with Crippen molar-refractivity contribution in [2.24, 2.45) is 0 Å². The number of hydrogen-bond donors (Lipinski definition) is 0. The summed E-state index contributed by atoms with van der Waals surface area (Å²) in [7, 11) is 0. The fourth-order valence-corrected chi connectivity index (χ4v) is 2.83. The first kappa shape index (κ1) is 12.9. The number of aryl methyl sites for hydroxylation is 2. The number of rotatable bonds is 2. The molecule has 0 atom stereocenters. The highest BCUT2D eigenvalue weighted by atomic mass is 35.5. The normalized spacial score (nSPS) is 10.1. The van der Waals surface area contributed by atoms with E-state index in [1.54, 1.807) is 12.1 Å². The molecular weight excluding hydrogens is 264 g/mol. The molecule has 0 aliphatic carbocycles. The van der Waals surface area contributed by atoms with Crippen molar-refractivity contribution in [3.63, 3.8) is 0 Å². The van der Waals surface area contributed by atoms with Gasteiger partial charge in [0.15, 0.2) is 0 Å². The van der Waals surface area contributed by atoms with Crippen LogP contribution in [0.4, 0.5) is 0 Å². The van der Waals surface area contributed by atoms with Crippen molar-refractivity contribution < 1.29 is 0 Å². The zero-order valence-electron chi connectivity index (χ0n) is 10.1. The van der Waals surface area contributed by atoms with Gasteiger partial charge >= 0.3 is 0 Å². The Labute approximate surface area is 116 Å². The van der Waals surface area contributed by atoms with E-state index in [2.05, 4.69) is 11.1 Å². The second-order valence-electron chi connectivity index (χ2n) is 3.98. The van der Waals surface area contributed by atoms with E-state index >= 15 is 0 Å². The highest BCUT2D eigenvalue weighted by Crippen LogP contribution is 2.31. The Bertz CT molecular complexity index is 612. The number of hydrogen-bond acceptors (Lipinski definition) is 3. The van der Waals surface area contributed by atoms with Crippen LogP contribution >= 0.6 is 23.4 Å². The Morgan fingerprint density at radius 1 is 1.22 bits per heavy atom. The van der Waals surface area contributed by atoms with Crippen LogP contribution in [-0.4, -0.2) is 4.98 Å². The maximum atomic E-state index is 9.09. The van der Waals surface area contributed by atoms with Gasteiger partial charge in [-0.25, -0.2) is 4.98 Å². The minimum Gasteiger partial charge on any atom is -0.246 e. The predicted octanol–water partition coefficient (Wildman–Crippen LogP) is 4.37. The van der Waals surface area contributed by atoms with Crippen LogP contribution in [0.5, 0.6) is 0 Å². The number of pyridine rings is 1. The molecule has 0 aliphatic heterocycles. The van der Waals surface area contributed by atoms with Crippen LogP contribution in [0.25, 0.3) is 0 Å². The molecule has 1 heterocycles. The van der Waals surface area contributed by atoms with Crippen LogP contribution in [0, 0.1) is 25.2 Å². The Morgan fingerprint density at radius 3 is 2.67 bits per heavy atom. The minimum absolute atomic E-state index is 0.573. The molecule has 0 radical (unpaired) electrons. The van der Waals surface area contributed by atoms with Gasteiger partial charge in [-0.2, -0.15) is 5.26 Å². The van der Waals surface area contributed by atoms with Crippen molar-refractivity contribution in [2.45, 2.75) is 23.8 Å². The molecule has 0 saturated carbocycles. The van der Waals surface area contributed by atoms with Gasteiger partial charge in [-0.05, 0) is 49.7 Å². The fourth-order valence-electron chi connectivity index (χ4n) is 1.65. The summed E-state index contributed by atoms with van der Waals surface area (Å²) in [5.41, 5.74) is 2.72. The third-order valence-corrected chi connectivity index (χ3v) is 3.58. The highest BCUT2D eigenvalue weighted by Gasteiger charge is 2.06. The smallest absolute Gasteiger partial charge is 0.101 e. The van der Waals surface area contributed by atoms with E-state index in [0.717, 1.165) is 21.2 Å². The van der Waals surface area contributed by atoms with Crippen molar-refractivity contribution in [2.75, 3.05) is 0 Å². The van der Waals surface area contributed by atoms with Gasteiger partial charge in [0.2, 0.25) is 0 Å². The van der Waals surface area contributed by atoms with Gasteiger partial charge in [-0.1, -0.05) is 23.4 Å². The summed E-state index contributed by atoms with van der Waals surface area (Å²) in [5.74, 6) is 0. The van der Waals surface area contributed by atoms with E-state index in [1.807, 2.05) is 32.0 Å². The molecule has 0 spiro atoms. The minimum atomic E-state index is 0.573. The van der Waals surface area contributed by atoms with Crippen molar-refractivity contribution in [1.82, 2.24) is 4.98 Å². The number of nitrogens with zero attached hydrogens (tertiary/aromatic N) is 2. The summed E-state index contributed by atoms with van der Waals surface area (Å²) >= 11 is 7.36. The van der Waals surface area contributed by atoms with E-state index in [0.29, 0.717) is 10.6 Å². The molecule has 0 amide bonds. The van der Waals surface area contributed by atoms with Gasteiger partial charge in [0.25, 0.3) is 0 Å². The molecule has 2 rings (SSSR count). The highest BCUT2D eigenvalue weighted by molar-refractivity contribution is 7.99. The zero-order valence-corrected chi connectivity index (χ0v) is 11.6. The number of aromatic nitrogens is 1. The molecular formula is C14H11ClN2S. The Kier molecular flexibility index (Phi) is 3.90. The van der Waals surface area contributed by atoms with Gasteiger partial charge in [0, 0.05) is 15.6 Å². The first-order chi connectivity index (χ1) is 8.58. The van der Waals surface area contributed by atoms with Crippen molar-refractivity contribution in [3.8, 4) is 6.07 Å².